The molecule has 5 aromatic rings. The molecule has 2 aromatic heterocycles. The molecule has 0 bridgehead atoms. The highest BCUT2D eigenvalue weighted by Crippen LogP contribution is 2.44. The maximum absolute atomic E-state index is 13.3. The minimum Gasteiger partial charge on any atom is -0.473 e. The van der Waals surface area contributed by atoms with Crippen molar-refractivity contribution in [2.75, 3.05) is 13.7 Å². The highest BCUT2D eigenvalue weighted by molar-refractivity contribution is 5.84. The molecular formula is C37H43N5O3. The predicted octanol–water partition coefficient (Wildman–Crippen LogP) is 6.95. The van der Waals surface area contributed by atoms with Gasteiger partial charge in [-0.15, -0.1) is 5.10 Å². The Morgan fingerprint density at radius 1 is 1.07 bits per heavy atom. The van der Waals surface area contributed by atoms with Crippen molar-refractivity contribution in [2.24, 2.45) is 12.5 Å². The molecule has 0 spiro atoms. The maximum Gasteiger partial charge on any atom is 0.312 e. The number of benzene rings is 3. The predicted molar refractivity (Wildman–Crippen MR) is 177 cm³/mol. The smallest absolute Gasteiger partial charge is 0.312 e. The van der Waals surface area contributed by atoms with Crippen molar-refractivity contribution in [1.29, 1.82) is 0 Å². The van der Waals surface area contributed by atoms with Crippen LogP contribution in [0.3, 0.4) is 0 Å². The van der Waals surface area contributed by atoms with Crippen molar-refractivity contribution in [2.45, 2.75) is 73.1 Å². The fourth-order valence-corrected chi connectivity index (χ4v) is 6.92. The van der Waals surface area contributed by atoms with Crippen LogP contribution in [-0.4, -0.2) is 50.6 Å². The Labute approximate surface area is 265 Å². The number of carbonyl (C=O) groups excluding carboxylic acids is 1. The Morgan fingerprint density at radius 2 is 1.87 bits per heavy atom. The molecule has 3 aromatic carbocycles. The van der Waals surface area contributed by atoms with Crippen molar-refractivity contribution in [3.63, 3.8) is 0 Å². The van der Waals surface area contributed by atoms with Gasteiger partial charge in [0.2, 0.25) is 5.88 Å². The average molecular weight is 606 g/mol. The van der Waals surface area contributed by atoms with Gasteiger partial charge in [0.15, 0.2) is 0 Å². The first-order chi connectivity index (χ1) is 21.5. The summed E-state index contributed by atoms with van der Waals surface area (Å²) in [6, 6.07) is 19.3. The standard InChI is InChI=1S/C37H43N5O3/c1-9-29-21-42(20-28-18-26-12-10-11-23(3)33(26)38-35(28)45-29)19-27-17-25(14-13-22(27)2)32(37(5,6)36(43)44-8)30-15-16-31-34(24(30)4)39-40-41(31)7/h10-18,29,32H,9,19-21H2,1-8H3/t29-,32?/m1/s1. The third-order valence-corrected chi connectivity index (χ3v) is 9.60. The molecule has 0 aliphatic carbocycles. The van der Waals surface area contributed by atoms with E-state index in [0.29, 0.717) is 0 Å². The summed E-state index contributed by atoms with van der Waals surface area (Å²) in [4.78, 5) is 20.8. The van der Waals surface area contributed by atoms with Crippen LogP contribution >= 0.6 is 0 Å². The molecule has 0 radical (unpaired) electrons. The molecule has 8 heteroatoms. The van der Waals surface area contributed by atoms with E-state index >= 15 is 0 Å². The molecule has 234 valence electrons. The summed E-state index contributed by atoms with van der Waals surface area (Å²) in [6.07, 6.45) is 0.929. The first-order valence-electron chi connectivity index (χ1n) is 15.8. The van der Waals surface area contributed by atoms with Gasteiger partial charge in [0.25, 0.3) is 0 Å². The maximum atomic E-state index is 13.3. The molecule has 0 N–H and O–H groups in total. The minimum atomic E-state index is -0.838. The van der Waals surface area contributed by atoms with E-state index < -0.39 is 5.41 Å². The summed E-state index contributed by atoms with van der Waals surface area (Å²) in [5, 5.41) is 9.83. The number of rotatable bonds is 7. The van der Waals surface area contributed by atoms with E-state index in [1.165, 1.54) is 18.2 Å². The number of aromatic nitrogens is 4. The van der Waals surface area contributed by atoms with Crippen LogP contribution in [0, 0.1) is 26.2 Å². The van der Waals surface area contributed by atoms with Crippen LogP contribution in [0.5, 0.6) is 5.88 Å². The molecule has 6 rings (SSSR count). The van der Waals surface area contributed by atoms with E-state index in [-0.39, 0.29) is 18.0 Å². The van der Waals surface area contributed by atoms with Crippen molar-refractivity contribution in [3.8, 4) is 5.88 Å². The van der Waals surface area contributed by atoms with Gasteiger partial charge in [-0.05, 0) is 86.6 Å². The van der Waals surface area contributed by atoms with Gasteiger partial charge in [0.1, 0.15) is 11.6 Å². The Bertz CT molecular complexity index is 1910. The van der Waals surface area contributed by atoms with Crippen molar-refractivity contribution in [1.82, 2.24) is 24.9 Å². The number of aryl methyl sites for hydroxylation is 4. The average Bonchev–Trinajstić information content (AvgIpc) is 3.30. The third-order valence-electron chi connectivity index (χ3n) is 9.60. The second kappa shape index (κ2) is 11.9. The lowest BCUT2D eigenvalue weighted by Crippen LogP contribution is -2.34. The summed E-state index contributed by atoms with van der Waals surface area (Å²) < 4.78 is 13.6. The van der Waals surface area contributed by atoms with Crippen LogP contribution in [0.25, 0.3) is 21.9 Å². The molecule has 3 heterocycles. The zero-order chi connectivity index (χ0) is 32.0. The molecule has 1 aliphatic rings. The molecule has 0 saturated carbocycles. The van der Waals surface area contributed by atoms with E-state index in [4.69, 9.17) is 14.5 Å². The zero-order valence-corrected chi connectivity index (χ0v) is 27.6. The number of fused-ring (bicyclic) bond motifs is 3. The number of esters is 1. The van der Waals surface area contributed by atoms with E-state index in [1.807, 2.05) is 27.0 Å². The molecule has 8 nitrogen and oxygen atoms in total. The van der Waals surface area contributed by atoms with Gasteiger partial charge >= 0.3 is 5.97 Å². The summed E-state index contributed by atoms with van der Waals surface area (Å²) in [5.74, 6) is 0.229. The van der Waals surface area contributed by atoms with E-state index in [0.717, 1.165) is 81.7 Å². The number of carbonyl (C=O) groups is 1. The topological polar surface area (TPSA) is 82.4 Å². The van der Waals surface area contributed by atoms with Gasteiger partial charge in [-0.3, -0.25) is 9.69 Å². The van der Waals surface area contributed by atoms with Crippen LogP contribution in [0.2, 0.25) is 0 Å². The third kappa shape index (κ3) is 5.56. The van der Waals surface area contributed by atoms with E-state index in [9.17, 15) is 4.79 Å². The number of nitrogens with zero attached hydrogens (tertiary/aromatic N) is 5. The Kier molecular flexibility index (Phi) is 8.12. The summed E-state index contributed by atoms with van der Waals surface area (Å²) in [5.41, 5.74) is 9.79. The second-order valence-corrected chi connectivity index (χ2v) is 13.1. The monoisotopic (exact) mass is 605 g/mol. The molecule has 1 unspecified atom stereocenters. The quantitative estimate of drug-likeness (QED) is 0.186. The van der Waals surface area contributed by atoms with Crippen LogP contribution < -0.4 is 4.74 Å². The van der Waals surface area contributed by atoms with Crippen LogP contribution in [0.15, 0.2) is 54.6 Å². The van der Waals surface area contributed by atoms with Crippen LogP contribution in [0.4, 0.5) is 0 Å². The largest absolute Gasteiger partial charge is 0.473 e. The van der Waals surface area contributed by atoms with Crippen molar-refractivity contribution < 1.29 is 14.3 Å². The summed E-state index contributed by atoms with van der Waals surface area (Å²) in [6.45, 7) is 14.7. The SMILES string of the molecule is CC[C@@H]1CN(Cc2cc(C(c3ccc4c(nnn4C)c3C)C(C)(C)C(=O)OC)ccc2C)Cc2cc3cccc(C)c3nc2O1. The molecule has 45 heavy (non-hydrogen) atoms. The Hall–Kier alpha value is -4.30. The van der Waals surface area contributed by atoms with Crippen LogP contribution in [-0.2, 0) is 29.7 Å². The number of hydrogen-bond acceptors (Lipinski definition) is 7. The van der Waals surface area contributed by atoms with Gasteiger partial charge in [0, 0.05) is 43.5 Å². The number of methoxy groups -OCH3 is 1. The van der Waals surface area contributed by atoms with Gasteiger partial charge in [0.05, 0.1) is 23.6 Å². The number of para-hydroxylation sites is 1. The fraction of sp³-hybridized carbons (Fsp3) is 0.405. The second-order valence-electron chi connectivity index (χ2n) is 13.1. The number of hydrogen-bond donors (Lipinski definition) is 0. The first-order valence-corrected chi connectivity index (χ1v) is 15.8. The Morgan fingerprint density at radius 3 is 2.62 bits per heavy atom. The lowest BCUT2D eigenvalue weighted by atomic mass is 9.69. The zero-order valence-electron chi connectivity index (χ0n) is 27.6. The fourth-order valence-electron chi connectivity index (χ4n) is 6.92. The molecule has 0 fully saturated rings. The minimum absolute atomic E-state index is 0.0380. The molecular weight excluding hydrogens is 562 g/mol. The van der Waals surface area contributed by atoms with Gasteiger partial charge in [-0.25, -0.2) is 9.67 Å². The molecule has 0 amide bonds. The highest BCUT2D eigenvalue weighted by Gasteiger charge is 2.41. The molecule has 2 atom stereocenters. The van der Waals surface area contributed by atoms with Gasteiger partial charge in [-0.1, -0.05) is 54.6 Å². The normalized spacial score (nSPS) is 16.3. The van der Waals surface area contributed by atoms with Crippen molar-refractivity contribution in [3.05, 3.63) is 93.5 Å². The Balaban J connectivity index is 1.40. The van der Waals surface area contributed by atoms with E-state index in [1.54, 1.807) is 4.68 Å². The lowest BCUT2D eigenvalue weighted by molar-refractivity contribution is -0.151. The lowest BCUT2D eigenvalue weighted by Gasteiger charge is -2.34. The summed E-state index contributed by atoms with van der Waals surface area (Å²) in [7, 11) is 3.36. The van der Waals surface area contributed by atoms with Crippen LogP contribution in [0.1, 0.15) is 72.1 Å². The number of pyridine rings is 1. The summed E-state index contributed by atoms with van der Waals surface area (Å²) >= 11 is 0. The van der Waals surface area contributed by atoms with E-state index in [2.05, 4.69) is 91.4 Å². The molecule has 1 aliphatic heterocycles. The first kappa shape index (κ1) is 30.7. The van der Waals surface area contributed by atoms with Crippen molar-refractivity contribution >= 4 is 27.9 Å². The highest BCUT2D eigenvalue weighted by atomic mass is 16.5. The molecule has 0 saturated heterocycles. The number of ether oxygens (including phenoxy) is 2. The van der Waals surface area contributed by atoms with Gasteiger partial charge < -0.3 is 9.47 Å². The van der Waals surface area contributed by atoms with Gasteiger partial charge in [-0.2, -0.15) is 0 Å².